The zero-order valence-electron chi connectivity index (χ0n) is 9.08. The highest BCUT2D eigenvalue weighted by Crippen LogP contribution is 2.20. The van der Waals surface area contributed by atoms with E-state index in [4.69, 9.17) is 11.5 Å². The van der Waals surface area contributed by atoms with Crippen molar-refractivity contribution >= 4 is 22.7 Å². The number of rotatable bonds is 2. The summed E-state index contributed by atoms with van der Waals surface area (Å²) in [6.45, 7) is 0. The summed E-state index contributed by atoms with van der Waals surface area (Å²) < 4.78 is 0. The van der Waals surface area contributed by atoms with Gasteiger partial charge >= 0.3 is 0 Å². The molecule has 0 unspecified atom stereocenters. The SMILES string of the molecule is Nc1cccc(N=[N+]([O-])c2cccc(N)c2)c1. The first-order chi connectivity index (χ1) is 8.15. The molecular formula is C12H12N4O. The van der Waals surface area contributed by atoms with Crippen LogP contribution in [0.5, 0.6) is 0 Å². The van der Waals surface area contributed by atoms with Crippen molar-refractivity contribution < 1.29 is 4.86 Å². The summed E-state index contributed by atoms with van der Waals surface area (Å²) in [5.74, 6) is 0. The normalized spacial score (nSPS) is 11.4. The van der Waals surface area contributed by atoms with E-state index in [9.17, 15) is 5.21 Å². The van der Waals surface area contributed by atoms with Crippen LogP contribution in [0.15, 0.2) is 53.6 Å². The average molecular weight is 228 g/mol. The van der Waals surface area contributed by atoms with Crippen LogP contribution in [0, 0.1) is 5.21 Å². The number of nitrogens with zero attached hydrogens (tertiary/aromatic N) is 2. The van der Waals surface area contributed by atoms with Crippen LogP contribution in [0.4, 0.5) is 22.7 Å². The molecule has 2 aromatic rings. The maximum absolute atomic E-state index is 11.7. The summed E-state index contributed by atoms with van der Waals surface area (Å²) in [5.41, 5.74) is 13.1. The average Bonchev–Trinajstić information content (AvgIpc) is 2.29. The molecule has 0 heterocycles. The van der Waals surface area contributed by atoms with Crippen molar-refractivity contribution in [1.82, 2.24) is 0 Å². The van der Waals surface area contributed by atoms with Crippen LogP contribution in [0.2, 0.25) is 0 Å². The monoisotopic (exact) mass is 228 g/mol. The van der Waals surface area contributed by atoms with Crippen molar-refractivity contribution in [2.45, 2.75) is 0 Å². The molecule has 5 heteroatoms. The molecule has 0 aromatic heterocycles. The Hall–Kier alpha value is -2.56. The number of benzene rings is 2. The third-order valence-corrected chi connectivity index (χ3v) is 2.17. The lowest BCUT2D eigenvalue weighted by atomic mass is 10.3. The molecule has 17 heavy (non-hydrogen) atoms. The smallest absolute Gasteiger partial charge is 0.246 e. The zero-order chi connectivity index (χ0) is 12.3. The molecule has 0 aliphatic heterocycles. The van der Waals surface area contributed by atoms with Crippen LogP contribution < -0.4 is 11.5 Å². The first-order valence-electron chi connectivity index (χ1n) is 5.05. The van der Waals surface area contributed by atoms with Gasteiger partial charge < -0.3 is 16.7 Å². The number of nitrogen functional groups attached to an aromatic ring is 2. The van der Waals surface area contributed by atoms with Crippen molar-refractivity contribution in [3.8, 4) is 0 Å². The molecule has 2 aromatic carbocycles. The molecule has 0 amide bonds. The Morgan fingerprint density at radius 1 is 0.941 bits per heavy atom. The molecule has 0 spiro atoms. The van der Waals surface area contributed by atoms with E-state index in [2.05, 4.69) is 5.11 Å². The molecule has 0 atom stereocenters. The van der Waals surface area contributed by atoms with E-state index < -0.39 is 0 Å². The van der Waals surface area contributed by atoms with Gasteiger partial charge in [0.2, 0.25) is 5.69 Å². The molecule has 0 saturated carbocycles. The van der Waals surface area contributed by atoms with Gasteiger partial charge in [-0.2, -0.15) is 0 Å². The Morgan fingerprint density at radius 3 is 2.24 bits per heavy atom. The van der Waals surface area contributed by atoms with Gasteiger partial charge in [0.05, 0.1) is 0 Å². The van der Waals surface area contributed by atoms with Crippen molar-refractivity contribution in [1.29, 1.82) is 0 Å². The Morgan fingerprint density at radius 2 is 1.59 bits per heavy atom. The number of azo groups is 1. The number of hydrogen-bond donors (Lipinski definition) is 2. The van der Waals surface area contributed by atoms with E-state index in [1.165, 1.54) is 0 Å². The largest absolute Gasteiger partial charge is 0.594 e. The van der Waals surface area contributed by atoms with Gasteiger partial charge in [-0.15, -0.1) is 0 Å². The van der Waals surface area contributed by atoms with Gasteiger partial charge in [0.25, 0.3) is 0 Å². The van der Waals surface area contributed by atoms with Crippen molar-refractivity contribution in [2.75, 3.05) is 11.5 Å². The first-order valence-corrected chi connectivity index (χ1v) is 5.05. The summed E-state index contributed by atoms with van der Waals surface area (Å²) in [4.78, 5) is 0.519. The second-order valence-corrected chi connectivity index (χ2v) is 3.56. The molecular weight excluding hydrogens is 216 g/mol. The molecule has 4 N–H and O–H groups in total. The lowest BCUT2D eigenvalue weighted by Crippen LogP contribution is -1.92. The third kappa shape index (κ3) is 2.72. The molecule has 0 bridgehead atoms. The molecule has 0 saturated heterocycles. The highest BCUT2D eigenvalue weighted by molar-refractivity contribution is 5.50. The van der Waals surface area contributed by atoms with Gasteiger partial charge in [0.15, 0.2) is 0 Å². The minimum Gasteiger partial charge on any atom is -0.594 e. The molecule has 5 nitrogen and oxygen atoms in total. The van der Waals surface area contributed by atoms with Gasteiger partial charge in [-0.3, -0.25) is 0 Å². The van der Waals surface area contributed by atoms with Gasteiger partial charge in [-0.25, -0.2) is 0 Å². The standard InChI is InChI=1S/C12H12N4O/c13-9-3-1-5-11(7-9)15-16(17)12-6-2-4-10(14)8-12/h1-8H,13-14H2. The second kappa shape index (κ2) is 4.52. The lowest BCUT2D eigenvalue weighted by Gasteiger charge is -2.00. The fourth-order valence-electron chi connectivity index (χ4n) is 1.39. The molecule has 0 radical (unpaired) electrons. The molecule has 0 aliphatic rings. The topological polar surface area (TPSA) is 90.5 Å². The maximum Gasteiger partial charge on any atom is 0.246 e. The summed E-state index contributed by atoms with van der Waals surface area (Å²) >= 11 is 0. The second-order valence-electron chi connectivity index (χ2n) is 3.56. The van der Waals surface area contributed by atoms with Crippen molar-refractivity contribution in [3.05, 3.63) is 53.7 Å². The minimum absolute atomic E-state index is 0.382. The molecule has 2 rings (SSSR count). The van der Waals surface area contributed by atoms with Crippen LogP contribution >= 0.6 is 0 Å². The fourth-order valence-corrected chi connectivity index (χ4v) is 1.39. The predicted octanol–water partition coefficient (Wildman–Crippen LogP) is 2.78. The van der Waals surface area contributed by atoms with Crippen molar-refractivity contribution in [2.24, 2.45) is 5.11 Å². The summed E-state index contributed by atoms with van der Waals surface area (Å²) in [6, 6.07) is 13.4. The van der Waals surface area contributed by atoms with Gasteiger partial charge in [-0.1, -0.05) is 17.0 Å². The zero-order valence-corrected chi connectivity index (χ0v) is 9.08. The third-order valence-electron chi connectivity index (χ3n) is 2.17. The van der Waals surface area contributed by atoms with E-state index in [-0.39, 0.29) is 0 Å². The number of anilines is 2. The van der Waals surface area contributed by atoms with Gasteiger partial charge in [-0.05, 0) is 24.3 Å². The van der Waals surface area contributed by atoms with E-state index in [0.29, 0.717) is 27.6 Å². The van der Waals surface area contributed by atoms with E-state index in [0.717, 1.165) is 0 Å². The summed E-state index contributed by atoms with van der Waals surface area (Å²) in [5, 5.41) is 15.6. The summed E-state index contributed by atoms with van der Waals surface area (Å²) in [6.07, 6.45) is 0. The van der Waals surface area contributed by atoms with Crippen LogP contribution in [-0.4, -0.2) is 4.86 Å². The Kier molecular flexibility index (Phi) is 2.91. The van der Waals surface area contributed by atoms with E-state index in [1.807, 2.05) is 0 Å². The van der Waals surface area contributed by atoms with Gasteiger partial charge in [0.1, 0.15) is 5.69 Å². The fraction of sp³-hybridized carbons (Fsp3) is 0. The van der Waals surface area contributed by atoms with E-state index in [1.54, 1.807) is 48.5 Å². The highest BCUT2D eigenvalue weighted by atomic mass is 16.5. The highest BCUT2D eigenvalue weighted by Gasteiger charge is 2.04. The minimum atomic E-state index is 0.382. The lowest BCUT2D eigenvalue weighted by molar-refractivity contribution is -0.435. The van der Waals surface area contributed by atoms with Gasteiger partial charge in [0, 0.05) is 28.6 Å². The molecule has 0 fully saturated rings. The van der Waals surface area contributed by atoms with Crippen LogP contribution in [0.1, 0.15) is 0 Å². The molecule has 0 aliphatic carbocycles. The number of hydrogen-bond acceptors (Lipinski definition) is 4. The Labute approximate surface area is 98.6 Å². The van der Waals surface area contributed by atoms with Crippen molar-refractivity contribution in [3.63, 3.8) is 0 Å². The molecule has 86 valence electrons. The Bertz CT molecular complexity index is 566. The quantitative estimate of drug-likeness (QED) is 0.358. The first kappa shape index (κ1) is 10.9. The maximum atomic E-state index is 11.7. The Balaban J connectivity index is 2.34. The predicted molar refractivity (Wildman–Crippen MR) is 67.1 cm³/mol. The van der Waals surface area contributed by atoms with Crippen LogP contribution in [0.25, 0.3) is 0 Å². The van der Waals surface area contributed by atoms with Crippen LogP contribution in [0.3, 0.4) is 0 Å². The summed E-state index contributed by atoms with van der Waals surface area (Å²) in [7, 11) is 0. The van der Waals surface area contributed by atoms with E-state index >= 15 is 0 Å². The number of nitrogens with two attached hydrogens (primary N) is 2. The van der Waals surface area contributed by atoms with Crippen LogP contribution in [-0.2, 0) is 0 Å².